The highest BCUT2D eigenvalue weighted by atomic mass is 35.5. The number of aromatic hydroxyl groups is 2. The molecule has 0 spiro atoms. The predicted octanol–water partition coefficient (Wildman–Crippen LogP) is 7.60. The van der Waals surface area contributed by atoms with Gasteiger partial charge in [-0.3, -0.25) is 9.59 Å². The minimum absolute atomic E-state index is 0. The van der Waals surface area contributed by atoms with Gasteiger partial charge in [-0.1, -0.05) is 65.8 Å². The predicted molar refractivity (Wildman–Crippen MR) is 258 cm³/mol. The molecule has 4 N–H and O–H groups in total. The molecule has 4 heterocycles. The summed E-state index contributed by atoms with van der Waals surface area (Å²) >= 11 is 0. The molecule has 0 unspecified atom stereocenters. The highest BCUT2D eigenvalue weighted by Crippen LogP contribution is 2.35. The number of fused-ring (bicyclic) bond motifs is 2. The smallest absolute Gasteiger partial charge is 0.251 e. The summed E-state index contributed by atoms with van der Waals surface area (Å²) in [7, 11) is 0. The monoisotopic (exact) mass is 940 g/mol. The Morgan fingerprint density at radius 2 is 0.896 bits per heavy atom. The Labute approximate surface area is 395 Å². The van der Waals surface area contributed by atoms with Gasteiger partial charge in [0.05, 0.1) is 22.2 Å². The van der Waals surface area contributed by atoms with Crippen LogP contribution in [0.1, 0.15) is 54.4 Å². The van der Waals surface area contributed by atoms with E-state index >= 15 is 0 Å². The summed E-state index contributed by atoms with van der Waals surface area (Å²) in [6, 6.07) is 22.3. The number of aromatic nitrogens is 4. The van der Waals surface area contributed by atoms with Crippen molar-refractivity contribution in [2.75, 3.05) is 62.2 Å². The summed E-state index contributed by atoms with van der Waals surface area (Å²) in [5.41, 5.74) is 1.81. The highest BCUT2D eigenvalue weighted by Gasteiger charge is 2.32. The molecule has 2 aliphatic heterocycles. The molecule has 2 atom stereocenters. The fourth-order valence-electron chi connectivity index (χ4n) is 8.25. The average molecular weight is 942 g/mol. The first kappa shape index (κ1) is 50.2. The number of anilines is 2. The van der Waals surface area contributed by atoms with E-state index in [1.807, 2.05) is 51.3 Å². The number of piperazine rings is 2. The number of amides is 2. The van der Waals surface area contributed by atoms with Gasteiger partial charge >= 0.3 is 0 Å². The largest absolute Gasteiger partial charge is 0.507 e. The maximum atomic E-state index is 14.1. The molecule has 67 heavy (non-hydrogen) atoms. The molecule has 0 bridgehead atoms. The van der Waals surface area contributed by atoms with Crippen molar-refractivity contribution in [3.63, 3.8) is 0 Å². The molecule has 356 valence electrons. The van der Waals surface area contributed by atoms with Crippen LogP contribution in [-0.4, -0.2) is 127 Å². The molecule has 2 saturated heterocycles. The van der Waals surface area contributed by atoms with Crippen LogP contribution in [0.2, 0.25) is 0 Å². The SMILES string of the molecule is CC(C)(C)C[C@@H](O)C(=O)N1CCN(c2nc(-c3ccccc3O)nc3ccc(F)cc23)CC1.CC(C)(C)C[C@@H](O)C(=O)N1CCN(c2nc(-c3ccccc3O)nc3ccc(F)cc23)CC1.Cl. The van der Waals surface area contributed by atoms with E-state index in [1.165, 1.54) is 24.3 Å². The molecule has 0 radical (unpaired) electrons. The number of halogens is 3. The fourth-order valence-corrected chi connectivity index (χ4v) is 8.25. The molecule has 2 amide bonds. The molecule has 8 rings (SSSR count). The van der Waals surface area contributed by atoms with Gasteiger partial charge in [-0.15, -0.1) is 12.4 Å². The van der Waals surface area contributed by atoms with E-state index in [4.69, 9.17) is 0 Å². The first-order valence-electron chi connectivity index (χ1n) is 22.2. The van der Waals surface area contributed by atoms with Crippen LogP contribution in [0.5, 0.6) is 11.5 Å². The van der Waals surface area contributed by atoms with Crippen molar-refractivity contribution in [3.05, 3.63) is 96.6 Å². The van der Waals surface area contributed by atoms with E-state index in [1.54, 1.807) is 70.5 Å². The lowest BCUT2D eigenvalue weighted by Gasteiger charge is -2.37. The van der Waals surface area contributed by atoms with Crippen LogP contribution in [0.4, 0.5) is 20.4 Å². The van der Waals surface area contributed by atoms with Crippen LogP contribution in [0.15, 0.2) is 84.9 Å². The number of nitrogens with zero attached hydrogens (tertiary/aromatic N) is 8. The van der Waals surface area contributed by atoms with Crippen LogP contribution in [0.25, 0.3) is 44.6 Å². The lowest BCUT2D eigenvalue weighted by Crippen LogP contribution is -2.52. The molecule has 0 aliphatic carbocycles. The number of hydrogen-bond acceptors (Lipinski definition) is 12. The quantitative estimate of drug-likeness (QED) is 0.118. The van der Waals surface area contributed by atoms with E-state index in [0.29, 0.717) is 121 Å². The normalized spacial score (nSPS) is 15.4. The standard InChI is InChI=1S/2C25H29FN4O3.ClH/c2*1-25(2,3)15-21(32)24(33)30-12-10-29(11-13-30)23-18-14-16(26)8-9-19(18)27-22(28-23)17-6-4-5-7-20(17)31;/h2*4-9,14,21,31-32H,10-13,15H2,1-3H3;1H/t2*21-;/m11./s1. The lowest BCUT2D eigenvalue weighted by molar-refractivity contribution is -0.142. The second kappa shape index (κ2) is 20.7. The maximum absolute atomic E-state index is 14.1. The minimum atomic E-state index is -1.03. The third-order valence-corrected chi connectivity index (χ3v) is 11.5. The molecule has 17 heteroatoms. The third-order valence-electron chi connectivity index (χ3n) is 11.5. The van der Waals surface area contributed by atoms with Gasteiger partial charge in [-0.25, -0.2) is 28.7 Å². The first-order valence-corrected chi connectivity index (χ1v) is 22.2. The zero-order valence-corrected chi connectivity index (χ0v) is 39.5. The summed E-state index contributed by atoms with van der Waals surface area (Å²) in [6.45, 7) is 15.6. The van der Waals surface area contributed by atoms with Gasteiger partial charge in [-0.2, -0.15) is 0 Å². The molecule has 6 aromatic rings. The van der Waals surface area contributed by atoms with Crippen LogP contribution in [0.3, 0.4) is 0 Å². The van der Waals surface area contributed by atoms with Crippen molar-refractivity contribution in [3.8, 4) is 34.3 Å². The number of carbonyl (C=O) groups excluding carboxylic acids is 2. The summed E-state index contributed by atoms with van der Waals surface area (Å²) in [5.74, 6) is 0.629. The van der Waals surface area contributed by atoms with Crippen LogP contribution in [-0.2, 0) is 9.59 Å². The van der Waals surface area contributed by atoms with Gasteiger partial charge in [0.25, 0.3) is 11.8 Å². The second-order valence-corrected chi connectivity index (χ2v) is 19.3. The fraction of sp³-hybridized carbons (Fsp3) is 0.400. The molecule has 2 aliphatic rings. The molecular formula is C50H59ClF2N8O6. The number of aliphatic hydroxyl groups is 2. The average Bonchev–Trinajstić information content (AvgIpc) is 3.27. The van der Waals surface area contributed by atoms with Crippen LogP contribution < -0.4 is 9.80 Å². The number of phenolic OH excluding ortho intramolecular Hbond substituents is 2. The van der Waals surface area contributed by atoms with Crippen molar-refractivity contribution in [2.45, 2.75) is 66.6 Å². The number of rotatable bonds is 8. The van der Waals surface area contributed by atoms with Crippen LogP contribution >= 0.6 is 12.4 Å². The van der Waals surface area contributed by atoms with Gasteiger partial charge in [0.15, 0.2) is 11.6 Å². The first-order chi connectivity index (χ1) is 31.2. The van der Waals surface area contributed by atoms with E-state index in [-0.39, 0.29) is 58.2 Å². The minimum Gasteiger partial charge on any atom is -0.507 e. The number of aliphatic hydroxyl groups excluding tert-OH is 2. The third kappa shape index (κ3) is 12.2. The van der Waals surface area contributed by atoms with Gasteiger partial charge < -0.3 is 40.0 Å². The van der Waals surface area contributed by atoms with Gasteiger partial charge in [0.1, 0.15) is 47.0 Å². The zero-order valence-electron chi connectivity index (χ0n) is 38.7. The number of benzene rings is 4. The Hall–Kier alpha value is -6.23. The molecule has 14 nitrogen and oxygen atoms in total. The van der Waals surface area contributed by atoms with Crippen molar-refractivity contribution < 1.29 is 38.8 Å². The van der Waals surface area contributed by atoms with Gasteiger partial charge in [0, 0.05) is 63.1 Å². The molecule has 4 aromatic carbocycles. The number of hydrogen-bond donors (Lipinski definition) is 4. The summed E-state index contributed by atoms with van der Waals surface area (Å²) < 4.78 is 28.1. The van der Waals surface area contributed by atoms with E-state index in [9.17, 15) is 38.8 Å². The van der Waals surface area contributed by atoms with Crippen molar-refractivity contribution in [2.24, 2.45) is 10.8 Å². The Bertz CT molecular complexity index is 2530. The van der Waals surface area contributed by atoms with E-state index in [2.05, 4.69) is 19.9 Å². The molecule has 0 saturated carbocycles. The summed E-state index contributed by atoms with van der Waals surface area (Å²) in [6.07, 6.45) is -1.27. The molecule has 2 aromatic heterocycles. The summed E-state index contributed by atoms with van der Waals surface area (Å²) in [5, 5.41) is 42.4. The van der Waals surface area contributed by atoms with Crippen molar-refractivity contribution >= 4 is 57.7 Å². The molecular weight excluding hydrogens is 882 g/mol. The maximum Gasteiger partial charge on any atom is 0.251 e. The number of phenols is 2. The highest BCUT2D eigenvalue weighted by molar-refractivity contribution is 5.93. The second-order valence-electron chi connectivity index (χ2n) is 19.3. The number of para-hydroxylation sites is 2. The zero-order chi connectivity index (χ0) is 47.5. The lowest BCUT2D eigenvalue weighted by atomic mass is 9.89. The van der Waals surface area contributed by atoms with E-state index in [0.717, 1.165) is 0 Å². The summed E-state index contributed by atoms with van der Waals surface area (Å²) in [4.78, 5) is 51.2. The van der Waals surface area contributed by atoms with E-state index < -0.39 is 12.2 Å². The van der Waals surface area contributed by atoms with Gasteiger partial charge in [0.2, 0.25) is 0 Å². The Morgan fingerprint density at radius 1 is 0.552 bits per heavy atom. The number of carbonyl (C=O) groups is 2. The van der Waals surface area contributed by atoms with Gasteiger partial charge in [-0.05, 0) is 84.3 Å². The van der Waals surface area contributed by atoms with Crippen molar-refractivity contribution in [1.82, 2.24) is 29.7 Å². The van der Waals surface area contributed by atoms with Crippen molar-refractivity contribution in [1.29, 1.82) is 0 Å². The Balaban J connectivity index is 0.000000218. The topological polar surface area (TPSA) is 180 Å². The van der Waals surface area contributed by atoms with Crippen LogP contribution in [0, 0.1) is 22.5 Å². The Morgan fingerprint density at radius 3 is 1.22 bits per heavy atom. The Kier molecular flexibility index (Phi) is 15.5. The molecule has 2 fully saturated rings.